The number of rotatable bonds is 8. The van der Waals surface area contributed by atoms with Gasteiger partial charge in [-0.05, 0) is 45.5 Å². The van der Waals surface area contributed by atoms with Crippen molar-refractivity contribution in [3.63, 3.8) is 0 Å². The predicted molar refractivity (Wildman–Crippen MR) is 114 cm³/mol. The van der Waals surface area contributed by atoms with Gasteiger partial charge in [0.1, 0.15) is 0 Å². The molecular formula is C22H27F3N6O. The molecule has 172 valence electrons. The predicted octanol–water partition coefficient (Wildman–Crippen LogP) is 3.28. The Bertz CT molecular complexity index is 1080. The number of carbonyl (C=O) groups excluding carboxylic acids is 1. The number of halogens is 3. The molecule has 1 amide bonds. The summed E-state index contributed by atoms with van der Waals surface area (Å²) >= 11 is 0. The van der Waals surface area contributed by atoms with Gasteiger partial charge in [0, 0.05) is 37.4 Å². The van der Waals surface area contributed by atoms with E-state index in [0.717, 1.165) is 16.6 Å². The summed E-state index contributed by atoms with van der Waals surface area (Å²) in [6, 6.07) is 9.75. The fraction of sp³-hybridized carbons (Fsp3) is 0.455. The van der Waals surface area contributed by atoms with Crippen LogP contribution in [0.3, 0.4) is 0 Å². The van der Waals surface area contributed by atoms with Crippen LogP contribution < -0.4 is 0 Å². The minimum absolute atomic E-state index is 0.0239. The third-order valence-corrected chi connectivity index (χ3v) is 5.28. The average molecular weight is 448 g/mol. The third kappa shape index (κ3) is 5.61. The highest BCUT2D eigenvalue weighted by molar-refractivity contribution is 5.76. The number of carbonyl (C=O) groups is 1. The molecule has 0 bridgehead atoms. The zero-order valence-electron chi connectivity index (χ0n) is 18.6. The maximum atomic E-state index is 13.1. The van der Waals surface area contributed by atoms with Crippen LogP contribution in [0.1, 0.15) is 34.8 Å². The molecular weight excluding hydrogens is 421 g/mol. The van der Waals surface area contributed by atoms with Crippen molar-refractivity contribution >= 4 is 11.7 Å². The lowest BCUT2D eigenvalue weighted by Crippen LogP contribution is -2.36. The first kappa shape index (κ1) is 23.6. The summed E-state index contributed by atoms with van der Waals surface area (Å²) < 4.78 is 40.1. The molecule has 0 saturated carbocycles. The van der Waals surface area contributed by atoms with E-state index in [1.807, 2.05) is 54.2 Å². The van der Waals surface area contributed by atoms with Crippen molar-refractivity contribution in [3.05, 3.63) is 58.7 Å². The highest BCUT2D eigenvalue weighted by Crippen LogP contribution is 2.27. The van der Waals surface area contributed by atoms with E-state index in [2.05, 4.69) is 15.1 Å². The molecule has 0 atom stereocenters. The first-order chi connectivity index (χ1) is 15.1. The standard InChI is InChI=1S/C22H27F3N6O/c1-15-18(16(2)31-21(26-15)27-20(28-31)22(23,24)25)10-11-19(32)30(13-12-29(3)4)14-17-8-6-5-7-9-17/h5-9H,10-14H2,1-4H3. The smallest absolute Gasteiger partial charge is 0.337 e. The van der Waals surface area contributed by atoms with E-state index in [-0.39, 0.29) is 18.1 Å². The lowest BCUT2D eigenvalue weighted by Gasteiger charge is -2.25. The number of aromatic nitrogens is 4. The zero-order valence-corrected chi connectivity index (χ0v) is 18.6. The molecule has 0 aliphatic rings. The first-order valence-electron chi connectivity index (χ1n) is 10.3. The molecule has 0 aliphatic heterocycles. The number of benzene rings is 1. The van der Waals surface area contributed by atoms with Crippen molar-refractivity contribution in [1.82, 2.24) is 29.4 Å². The molecule has 2 heterocycles. The topological polar surface area (TPSA) is 66.6 Å². The first-order valence-corrected chi connectivity index (χ1v) is 10.3. The summed E-state index contributed by atoms with van der Waals surface area (Å²) in [5.41, 5.74) is 2.80. The van der Waals surface area contributed by atoms with Crippen molar-refractivity contribution in [1.29, 1.82) is 0 Å². The van der Waals surface area contributed by atoms with E-state index in [1.54, 1.807) is 13.8 Å². The summed E-state index contributed by atoms with van der Waals surface area (Å²) in [4.78, 5) is 24.6. The lowest BCUT2D eigenvalue weighted by atomic mass is 10.1. The van der Waals surface area contributed by atoms with Crippen molar-refractivity contribution < 1.29 is 18.0 Å². The second-order valence-corrected chi connectivity index (χ2v) is 8.01. The molecule has 0 spiro atoms. The molecule has 0 unspecified atom stereocenters. The van der Waals surface area contributed by atoms with E-state index in [9.17, 15) is 18.0 Å². The van der Waals surface area contributed by atoms with Gasteiger partial charge in [-0.15, -0.1) is 5.10 Å². The maximum Gasteiger partial charge on any atom is 0.453 e. The van der Waals surface area contributed by atoms with E-state index in [4.69, 9.17) is 0 Å². The largest absolute Gasteiger partial charge is 0.453 e. The van der Waals surface area contributed by atoms with Crippen LogP contribution in [0.15, 0.2) is 30.3 Å². The molecule has 1 aromatic carbocycles. The van der Waals surface area contributed by atoms with Gasteiger partial charge in [0.15, 0.2) is 0 Å². The van der Waals surface area contributed by atoms with Gasteiger partial charge >= 0.3 is 6.18 Å². The Morgan fingerprint density at radius 1 is 1.06 bits per heavy atom. The second kappa shape index (κ2) is 9.64. The number of amides is 1. The fourth-order valence-electron chi connectivity index (χ4n) is 3.50. The molecule has 10 heteroatoms. The summed E-state index contributed by atoms with van der Waals surface area (Å²) in [6.07, 6.45) is -4.07. The molecule has 0 N–H and O–H groups in total. The number of likely N-dealkylation sites (N-methyl/N-ethyl adjacent to an activating group) is 1. The highest BCUT2D eigenvalue weighted by Gasteiger charge is 2.37. The van der Waals surface area contributed by atoms with Gasteiger partial charge < -0.3 is 9.80 Å². The molecule has 7 nitrogen and oxygen atoms in total. The minimum Gasteiger partial charge on any atom is -0.337 e. The Morgan fingerprint density at radius 3 is 2.38 bits per heavy atom. The van der Waals surface area contributed by atoms with Gasteiger partial charge in [0.2, 0.25) is 5.91 Å². The van der Waals surface area contributed by atoms with Gasteiger partial charge in [-0.25, -0.2) is 9.50 Å². The van der Waals surface area contributed by atoms with E-state index >= 15 is 0 Å². The lowest BCUT2D eigenvalue weighted by molar-refractivity contribution is -0.144. The van der Waals surface area contributed by atoms with Gasteiger partial charge in [0.25, 0.3) is 11.6 Å². The second-order valence-electron chi connectivity index (χ2n) is 8.01. The molecule has 3 aromatic rings. The van der Waals surface area contributed by atoms with Crippen molar-refractivity contribution in [2.45, 2.75) is 39.4 Å². The van der Waals surface area contributed by atoms with Crippen molar-refractivity contribution in [2.24, 2.45) is 0 Å². The number of alkyl halides is 3. The molecule has 0 aliphatic carbocycles. The highest BCUT2D eigenvalue weighted by atomic mass is 19.4. The van der Waals surface area contributed by atoms with Gasteiger partial charge in [-0.2, -0.15) is 18.2 Å². The number of hydrogen-bond acceptors (Lipinski definition) is 5. The van der Waals surface area contributed by atoms with Crippen LogP contribution in [0.5, 0.6) is 0 Å². The van der Waals surface area contributed by atoms with Crippen LogP contribution in [0, 0.1) is 13.8 Å². The van der Waals surface area contributed by atoms with Crippen molar-refractivity contribution in [3.8, 4) is 0 Å². The molecule has 0 radical (unpaired) electrons. The van der Waals surface area contributed by atoms with Gasteiger partial charge in [-0.3, -0.25) is 4.79 Å². The Hall–Kier alpha value is -3.01. The van der Waals surface area contributed by atoms with E-state index < -0.39 is 12.0 Å². The van der Waals surface area contributed by atoms with Crippen LogP contribution in [-0.2, 0) is 23.9 Å². The summed E-state index contributed by atoms with van der Waals surface area (Å²) in [7, 11) is 3.90. The SMILES string of the molecule is Cc1nc2nc(C(F)(F)F)nn2c(C)c1CCC(=O)N(CCN(C)C)Cc1ccccc1. The number of aryl methyl sites for hydroxylation is 2. The quantitative estimate of drug-likeness (QED) is 0.529. The molecule has 0 saturated heterocycles. The summed E-state index contributed by atoms with van der Waals surface area (Å²) in [5, 5.41) is 3.57. The van der Waals surface area contributed by atoms with Gasteiger partial charge in [0.05, 0.1) is 0 Å². The normalized spacial score (nSPS) is 12.0. The Balaban J connectivity index is 1.78. The summed E-state index contributed by atoms with van der Waals surface area (Å²) in [6.45, 7) is 5.19. The maximum absolute atomic E-state index is 13.1. The zero-order chi connectivity index (χ0) is 23.5. The Kier molecular flexibility index (Phi) is 7.12. The van der Waals surface area contributed by atoms with Crippen LogP contribution in [-0.4, -0.2) is 62.5 Å². The number of hydrogen-bond donors (Lipinski definition) is 0. The number of nitrogens with zero attached hydrogens (tertiary/aromatic N) is 6. The number of fused-ring (bicyclic) bond motifs is 1. The fourth-order valence-corrected chi connectivity index (χ4v) is 3.50. The summed E-state index contributed by atoms with van der Waals surface area (Å²) in [5.74, 6) is -1.35. The third-order valence-electron chi connectivity index (χ3n) is 5.28. The monoisotopic (exact) mass is 448 g/mol. The Morgan fingerprint density at radius 2 is 1.75 bits per heavy atom. The average Bonchev–Trinajstić information content (AvgIpc) is 3.16. The molecule has 3 rings (SSSR count). The van der Waals surface area contributed by atoms with E-state index in [0.29, 0.717) is 36.5 Å². The van der Waals surface area contributed by atoms with Crippen LogP contribution in [0.25, 0.3) is 5.78 Å². The Labute approximate surface area is 184 Å². The van der Waals surface area contributed by atoms with Crippen LogP contribution in [0.2, 0.25) is 0 Å². The van der Waals surface area contributed by atoms with Crippen LogP contribution in [0.4, 0.5) is 13.2 Å². The molecule has 2 aromatic heterocycles. The van der Waals surface area contributed by atoms with Crippen LogP contribution >= 0.6 is 0 Å². The van der Waals surface area contributed by atoms with Crippen molar-refractivity contribution in [2.75, 3.05) is 27.2 Å². The van der Waals surface area contributed by atoms with E-state index in [1.165, 1.54) is 0 Å². The minimum atomic E-state index is -4.64. The molecule has 32 heavy (non-hydrogen) atoms. The molecule has 0 fully saturated rings. The van der Waals surface area contributed by atoms with Gasteiger partial charge in [-0.1, -0.05) is 30.3 Å².